The zero-order valence-electron chi connectivity index (χ0n) is 8.55. The fourth-order valence-electron chi connectivity index (χ4n) is 1.25. The Balaban J connectivity index is 3.12. The minimum Gasteiger partial charge on any atom is -0.481 e. The summed E-state index contributed by atoms with van der Waals surface area (Å²) >= 11 is 3.14. The van der Waals surface area contributed by atoms with Crippen LogP contribution in [0.2, 0.25) is 0 Å². The van der Waals surface area contributed by atoms with Gasteiger partial charge in [-0.1, -0.05) is 12.1 Å². The largest absolute Gasteiger partial charge is 0.481 e. The molecule has 0 saturated carbocycles. The number of carboxylic acids is 1. The van der Waals surface area contributed by atoms with Crippen LogP contribution in [0.3, 0.4) is 0 Å². The predicted molar refractivity (Wildman–Crippen MR) is 63.0 cm³/mol. The number of carboxylic acid groups (broad SMARTS) is 1. The van der Waals surface area contributed by atoms with Crippen molar-refractivity contribution >= 4 is 31.7 Å². The summed E-state index contributed by atoms with van der Waals surface area (Å²) in [7, 11) is -3.59. The lowest BCUT2D eigenvalue weighted by Gasteiger charge is -2.11. The monoisotopic (exact) mass is 306 g/mol. The SMILES string of the molecule is CC(CC(=O)O)S(=O)(=O)c1ccccc1Br. The highest BCUT2D eigenvalue weighted by molar-refractivity contribution is 9.10. The lowest BCUT2D eigenvalue weighted by molar-refractivity contribution is -0.136. The molecule has 1 N–H and O–H groups in total. The highest BCUT2D eigenvalue weighted by Crippen LogP contribution is 2.25. The molecule has 0 heterocycles. The molecule has 1 unspecified atom stereocenters. The van der Waals surface area contributed by atoms with Crippen molar-refractivity contribution in [1.82, 2.24) is 0 Å². The van der Waals surface area contributed by atoms with Crippen LogP contribution in [0.5, 0.6) is 0 Å². The average molecular weight is 307 g/mol. The first kappa shape index (κ1) is 13.2. The van der Waals surface area contributed by atoms with E-state index in [0.29, 0.717) is 4.47 Å². The Morgan fingerprint density at radius 2 is 2.00 bits per heavy atom. The van der Waals surface area contributed by atoms with Crippen LogP contribution in [0.25, 0.3) is 0 Å². The van der Waals surface area contributed by atoms with Crippen LogP contribution in [-0.4, -0.2) is 24.7 Å². The number of sulfone groups is 1. The normalized spacial score (nSPS) is 13.4. The van der Waals surface area contributed by atoms with Gasteiger partial charge in [-0.15, -0.1) is 0 Å². The highest BCUT2D eigenvalue weighted by Gasteiger charge is 2.26. The molecule has 0 spiro atoms. The van der Waals surface area contributed by atoms with Gasteiger partial charge in [-0.05, 0) is 35.0 Å². The van der Waals surface area contributed by atoms with E-state index in [4.69, 9.17) is 5.11 Å². The molecule has 4 nitrogen and oxygen atoms in total. The van der Waals surface area contributed by atoms with Gasteiger partial charge in [0.2, 0.25) is 0 Å². The van der Waals surface area contributed by atoms with Crippen molar-refractivity contribution in [3.8, 4) is 0 Å². The van der Waals surface area contributed by atoms with E-state index in [1.54, 1.807) is 18.2 Å². The summed E-state index contributed by atoms with van der Waals surface area (Å²) in [5.74, 6) is -1.12. The van der Waals surface area contributed by atoms with E-state index < -0.39 is 27.5 Å². The minimum absolute atomic E-state index is 0.128. The minimum atomic E-state index is -3.59. The number of aliphatic carboxylic acids is 1. The zero-order chi connectivity index (χ0) is 12.3. The van der Waals surface area contributed by atoms with Crippen molar-refractivity contribution in [3.63, 3.8) is 0 Å². The van der Waals surface area contributed by atoms with Crippen molar-refractivity contribution in [2.75, 3.05) is 0 Å². The van der Waals surface area contributed by atoms with Crippen molar-refractivity contribution in [2.45, 2.75) is 23.5 Å². The Morgan fingerprint density at radius 3 is 2.50 bits per heavy atom. The van der Waals surface area contributed by atoms with Crippen molar-refractivity contribution in [3.05, 3.63) is 28.7 Å². The summed E-state index contributed by atoms with van der Waals surface area (Å²) in [4.78, 5) is 10.6. The molecule has 1 aromatic carbocycles. The van der Waals surface area contributed by atoms with Crippen molar-refractivity contribution in [1.29, 1.82) is 0 Å². The topological polar surface area (TPSA) is 71.4 Å². The second kappa shape index (κ2) is 4.97. The molecule has 0 bridgehead atoms. The number of hydrogen-bond acceptors (Lipinski definition) is 3. The second-order valence-corrected chi connectivity index (χ2v) is 6.57. The second-order valence-electron chi connectivity index (χ2n) is 3.38. The maximum Gasteiger partial charge on any atom is 0.304 e. The molecule has 1 rings (SSSR count). The van der Waals surface area contributed by atoms with E-state index >= 15 is 0 Å². The fourth-order valence-corrected chi connectivity index (χ4v) is 3.61. The molecular weight excluding hydrogens is 296 g/mol. The molecular formula is C10H11BrO4S. The maximum atomic E-state index is 12.0. The summed E-state index contributed by atoms with van der Waals surface area (Å²) in [5, 5.41) is 7.65. The summed E-state index contributed by atoms with van der Waals surface area (Å²) in [5.41, 5.74) is 0. The highest BCUT2D eigenvalue weighted by atomic mass is 79.9. The van der Waals surface area contributed by atoms with E-state index in [9.17, 15) is 13.2 Å². The van der Waals surface area contributed by atoms with E-state index in [2.05, 4.69) is 15.9 Å². The van der Waals surface area contributed by atoms with Crippen LogP contribution in [-0.2, 0) is 14.6 Å². The molecule has 6 heteroatoms. The lowest BCUT2D eigenvalue weighted by Crippen LogP contribution is -2.21. The first-order chi connectivity index (χ1) is 7.35. The van der Waals surface area contributed by atoms with E-state index in [1.807, 2.05) is 0 Å². The van der Waals surface area contributed by atoms with Gasteiger partial charge in [0.05, 0.1) is 16.6 Å². The number of rotatable bonds is 4. The third-order valence-corrected chi connectivity index (χ3v) is 5.28. The maximum absolute atomic E-state index is 12.0. The first-order valence-corrected chi connectivity index (χ1v) is 6.90. The number of halogens is 1. The third-order valence-electron chi connectivity index (χ3n) is 2.13. The van der Waals surface area contributed by atoms with Gasteiger partial charge in [0.1, 0.15) is 0 Å². The van der Waals surface area contributed by atoms with Crippen LogP contribution >= 0.6 is 15.9 Å². The van der Waals surface area contributed by atoms with Gasteiger partial charge in [-0.25, -0.2) is 8.42 Å². The average Bonchev–Trinajstić information content (AvgIpc) is 2.16. The third kappa shape index (κ3) is 2.82. The van der Waals surface area contributed by atoms with Gasteiger partial charge in [0.25, 0.3) is 0 Å². The number of hydrogen-bond donors (Lipinski definition) is 1. The molecule has 0 amide bonds. The lowest BCUT2D eigenvalue weighted by atomic mass is 10.3. The Hall–Kier alpha value is -0.880. The van der Waals surface area contributed by atoms with Crippen molar-refractivity contribution < 1.29 is 18.3 Å². The van der Waals surface area contributed by atoms with E-state index in [-0.39, 0.29) is 4.90 Å². The quantitative estimate of drug-likeness (QED) is 0.924. The van der Waals surface area contributed by atoms with Gasteiger partial charge >= 0.3 is 5.97 Å². The number of benzene rings is 1. The summed E-state index contributed by atoms with van der Waals surface area (Å²) < 4.78 is 24.4. The van der Waals surface area contributed by atoms with Gasteiger partial charge in [-0.2, -0.15) is 0 Å². The van der Waals surface area contributed by atoms with Crippen LogP contribution in [0.4, 0.5) is 0 Å². The molecule has 0 radical (unpaired) electrons. The van der Waals surface area contributed by atoms with Gasteiger partial charge in [0.15, 0.2) is 9.84 Å². The van der Waals surface area contributed by atoms with Crippen LogP contribution in [0.15, 0.2) is 33.6 Å². The molecule has 0 aliphatic carbocycles. The number of carbonyl (C=O) groups is 1. The predicted octanol–water partition coefficient (Wildman–Crippen LogP) is 2.09. The molecule has 0 aliphatic rings. The van der Waals surface area contributed by atoms with Gasteiger partial charge < -0.3 is 5.11 Å². The van der Waals surface area contributed by atoms with Crippen molar-refractivity contribution in [2.24, 2.45) is 0 Å². The zero-order valence-corrected chi connectivity index (χ0v) is 11.0. The van der Waals surface area contributed by atoms with Gasteiger partial charge in [0, 0.05) is 4.47 Å². The van der Waals surface area contributed by atoms with E-state index in [0.717, 1.165) is 0 Å². The van der Waals surface area contributed by atoms with Gasteiger partial charge in [-0.3, -0.25) is 4.79 Å². The molecule has 0 aliphatic heterocycles. The smallest absolute Gasteiger partial charge is 0.304 e. The van der Waals surface area contributed by atoms with Crippen LogP contribution in [0, 0.1) is 0 Å². The molecule has 0 saturated heterocycles. The summed E-state index contributed by atoms with van der Waals surface area (Å²) in [6.45, 7) is 1.39. The van der Waals surface area contributed by atoms with Crippen LogP contribution < -0.4 is 0 Å². The Bertz CT molecular complexity index is 495. The standard InChI is InChI=1S/C10H11BrO4S/c1-7(6-10(12)13)16(14,15)9-5-3-2-4-8(9)11/h2-5,7H,6H2,1H3,(H,12,13). The molecule has 0 aromatic heterocycles. The molecule has 88 valence electrons. The molecule has 1 aromatic rings. The molecule has 16 heavy (non-hydrogen) atoms. The fraction of sp³-hybridized carbons (Fsp3) is 0.300. The van der Waals surface area contributed by atoms with Crippen LogP contribution in [0.1, 0.15) is 13.3 Å². The molecule has 1 atom stereocenters. The van der Waals surface area contributed by atoms with E-state index in [1.165, 1.54) is 13.0 Å². The Labute approximate surface area is 102 Å². The Morgan fingerprint density at radius 1 is 1.44 bits per heavy atom. The summed E-state index contributed by atoms with van der Waals surface area (Å²) in [6.07, 6.45) is -0.399. The Kier molecular flexibility index (Phi) is 4.09. The molecule has 0 fully saturated rings. The first-order valence-electron chi connectivity index (χ1n) is 4.56. The summed E-state index contributed by atoms with van der Waals surface area (Å²) in [6, 6.07) is 6.37.